The number of carbonyl (C=O) groups excluding carboxylic acids is 1. The molecule has 2 aliphatic heterocycles. The van der Waals surface area contributed by atoms with Crippen molar-refractivity contribution in [3.8, 4) is 12.3 Å². The number of hydrogen-bond acceptors (Lipinski definition) is 3. The van der Waals surface area contributed by atoms with Crippen LogP contribution in [0.25, 0.3) is 0 Å². The number of piperidine rings is 1. The molecule has 1 atom stereocenters. The Bertz CT molecular complexity index is 408. The van der Waals surface area contributed by atoms with E-state index >= 15 is 0 Å². The van der Waals surface area contributed by atoms with Crippen LogP contribution in [0, 0.1) is 18.3 Å². The lowest BCUT2D eigenvalue weighted by Crippen LogP contribution is -2.40. The maximum atomic E-state index is 12.4. The lowest BCUT2D eigenvalue weighted by molar-refractivity contribution is -0.133. The summed E-state index contributed by atoms with van der Waals surface area (Å²) in [6, 6.07) is 0. The first-order valence-corrected chi connectivity index (χ1v) is 7.40. The summed E-state index contributed by atoms with van der Waals surface area (Å²) in [4.78, 5) is 14.1. The van der Waals surface area contributed by atoms with Crippen molar-refractivity contribution in [3.05, 3.63) is 0 Å². The standard InChI is InChI=1S/C15H22FN3O/c1-2-3-8-15(17-18-15)9-6-14(20)19-11-4-5-13(12-19)7-10-16/h1,13H,3-12H2. The summed E-state index contributed by atoms with van der Waals surface area (Å²) in [5.41, 5.74) is -0.379. The molecular formula is C15H22FN3O. The molecule has 0 aliphatic carbocycles. The van der Waals surface area contributed by atoms with Crippen molar-refractivity contribution >= 4 is 5.91 Å². The smallest absolute Gasteiger partial charge is 0.222 e. The monoisotopic (exact) mass is 279 g/mol. The van der Waals surface area contributed by atoms with E-state index in [4.69, 9.17) is 6.42 Å². The number of likely N-dealkylation sites (tertiary alicyclic amines) is 1. The predicted molar refractivity (Wildman–Crippen MR) is 74.8 cm³/mol. The van der Waals surface area contributed by atoms with Gasteiger partial charge >= 0.3 is 0 Å². The largest absolute Gasteiger partial charge is 0.342 e. The second kappa shape index (κ2) is 6.83. The third kappa shape index (κ3) is 4.03. The highest BCUT2D eigenvalue weighted by Gasteiger charge is 2.39. The molecule has 0 radical (unpaired) electrons. The Morgan fingerprint density at radius 3 is 2.90 bits per heavy atom. The molecule has 0 aromatic carbocycles. The highest BCUT2D eigenvalue weighted by molar-refractivity contribution is 5.76. The van der Waals surface area contributed by atoms with Crippen LogP contribution in [0.5, 0.6) is 0 Å². The normalized spacial score (nSPS) is 23.4. The molecule has 0 bridgehead atoms. The molecule has 0 spiro atoms. The molecular weight excluding hydrogens is 257 g/mol. The maximum absolute atomic E-state index is 12.4. The molecule has 1 saturated heterocycles. The number of amides is 1. The molecule has 2 rings (SSSR count). The average Bonchev–Trinajstić information content (AvgIpc) is 3.24. The van der Waals surface area contributed by atoms with Crippen LogP contribution >= 0.6 is 0 Å². The number of hydrogen-bond donors (Lipinski definition) is 0. The minimum atomic E-state index is -0.379. The Kier molecular flexibility index (Phi) is 5.11. The molecule has 5 heteroatoms. The number of halogens is 1. The van der Waals surface area contributed by atoms with Crippen LogP contribution in [0.15, 0.2) is 10.2 Å². The summed E-state index contributed by atoms with van der Waals surface area (Å²) in [7, 11) is 0. The third-order valence-electron chi connectivity index (χ3n) is 4.18. The zero-order valence-electron chi connectivity index (χ0n) is 11.9. The van der Waals surface area contributed by atoms with Crippen molar-refractivity contribution in [2.45, 2.75) is 50.6 Å². The fraction of sp³-hybridized carbons (Fsp3) is 0.800. The maximum Gasteiger partial charge on any atom is 0.222 e. The van der Waals surface area contributed by atoms with Gasteiger partial charge in [-0.25, -0.2) is 0 Å². The van der Waals surface area contributed by atoms with E-state index in [9.17, 15) is 9.18 Å². The molecule has 4 nitrogen and oxygen atoms in total. The van der Waals surface area contributed by atoms with Crippen molar-refractivity contribution in [2.24, 2.45) is 16.1 Å². The fourth-order valence-corrected chi connectivity index (χ4v) is 2.81. The predicted octanol–water partition coefficient (Wildman–Crippen LogP) is 2.94. The number of terminal acetylenes is 1. The molecule has 2 heterocycles. The highest BCUT2D eigenvalue weighted by Crippen LogP contribution is 2.37. The number of carbonyl (C=O) groups is 1. The summed E-state index contributed by atoms with van der Waals surface area (Å²) in [5, 5.41) is 8.08. The molecule has 2 aliphatic rings. The molecule has 0 N–H and O–H groups in total. The van der Waals surface area contributed by atoms with Gasteiger partial charge in [0.15, 0.2) is 5.66 Å². The second-order valence-electron chi connectivity index (χ2n) is 5.71. The number of rotatable bonds is 7. The number of nitrogens with zero attached hydrogens (tertiary/aromatic N) is 3. The van der Waals surface area contributed by atoms with Crippen LogP contribution in [-0.4, -0.2) is 36.2 Å². The van der Waals surface area contributed by atoms with Gasteiger partial charge in [0.2, 0.25) is 5.91 Å². The summed E-state index contributed by atoms with van der Waals surface area (Å²) >= 11 is 0. The van der Waals surface area contributed by atoms with Crippen molar-refractivity contribution in [2.75, 3.05) is 19.8 Å². The van der Waals surface area contributed by atoms with Gasteiger partial charge in [0.05, 0.1) is 6.67 Å². The molecule has 1 fully saturated rings. The van der Waals surface area contributed by atoms with Crippen LogP contribution in [0.1, 0.15) is 44.9 Å². The van der Waals surface area contributed by atoms with Gasteiger partial charge in [-0.05, 0) is 25.2 Å². The fourth-order valence-electron chi connectivity index (χ4n) is 2.81. The molecule has 20 heavy (non-hydrogen) atoms. The quantitative estimate of drug-likeness (QED) is 0.661. The SMILES string of the molecule is C#CCCC1(CCC(=O)N2CCCC(CCF)C2)N=N1. The zero-order chi connectivity index (χ0) is 14.4. The van der Waals surface area contributed by atoms with Gasteiger partial charge in [-0.2, -0.15) is 10.2 Å². The molecule has 0 aromatic rings. The van der Waals surface area contributed by atoms with E-state index in [2.05, 4.69) is 16.1 Å². The second-order valence-corrected chi connectivity index (χ2v) is 5.71. The highest BCUT2D eigenvalue weighted by atomic mass is 19.1. The van der Waals surface area contributed by atoms with E-state index in [0.717, 1.165) is 25.8 Å². The molecule has 0 aromatic heterocycles. The Labute approximate surface area is 119 Å². The first-order chi connectivity index (χ1) is 9.69. The van der Waals surface area contributed by atoms with Gasteiger partial charge in [-0.3, -0.25) is 9.18 Å². The summed E-state index contributed by atoms with van der Waals surface area (Å²) in [6.07, 6.45) is 10.3. The van der Waals surface area contributed by atoms with Crippen LogP contribution in [-0.2, 0) is 4.79 Å². The van der Waals surface area contributed by atoms with E-state index in [1.54, 1.807) is 0 Å². The van der Waals surface area contributed by atoms with E-state index < -0.39 is 0 Å². The van der Waals surface area contributed by atoms with E-state index in [-0.39, 0.29) is 18.2 Å². The van der Waals surface area contributed by atoms with Crippen LogP contribution < -0.4 is 0 Å². The molecule has 110 valence electrons. The first kappa shape index (κ1) is 15.0. The Morgan fingerprint density at radius 2 is 2.25 bits per heavy atom. The van der Waals surface area contributed by atoms with E-state index in [1.807, 2.05) is 4.90 Å². The van der Waals surface area contributed by atoms with E-state index in [1.165, 1.54) is 0 Å². The third-order valence-corrected chi connectivity index (χ3v) is 4.18. The summed E-state index contributed by atoms with van der Waals surface area (Å²) in [5.74, 6) is 3.05. The van der Waals surface area contributed by atoms with Crippen molar-refractivity contribution in [3.63, 3.8) is 0 Å². The van der Waals surface area contributed by atoms with Gasteiger partial charge < -0.3 is 4.90 Å². The van der Waals surface area contributed by atoms with Gasteiger partial charge in [0, 0.05) is 38.8 Å². The lowest BCUT2D eigenvalue weighted by atomic mass is 9.94. The first-order valence-electron chi connectivity index (χ1n) is 7.40. The summed E-state index contributed by atoms with van der Waals surface area (Å²) < 4.78 is 12.4. The van der Waals surface area contributed by atoms with Gasteiger partial charge in [-0.15, -0.1) is 12.3 Å². The summed E-state index contributed by atoms with van der Waals surface area (Å²) in [6.45, 7) is 1.21. The average molecular weight is 279 g/mol. The van der Waals surface area contributed by atoms with Crippen molar-refractivity contribution in [1.82, 2.24) is 4.90 Å². The Hall–Kier alpha value is -1.44. The topological polar surface area (TPSA) is 45.0 Å². The minimum Gasteiger partial charge on any atom is -0.342 e. The van der Waals surface area contributed by atoms with Crippen LogP contribution in [0.3, 0.4) is 0 Å². The molecule has 0 saturated carbocycles. The molecule has 1 amide bonds. The number of alkyl halides is 1. The van der Waals surface area contributed by atoms with E-state index in [0.29, 0.717) is 38.1 Å². The van der Waals surface area contributed by atoms with Gasteiger partial charge in [0.1, 0.15) is 0 Å². The minimum absolute atomic E-state index is 0.144. The zero-order valence-corrected chi connectivity index (χ0v) is 11.9. The lowest BCUT2D eigenvalue weighted by Gasteiger charge is -2.32. The van der Waals surface area contributed by atoms with Gasteiger partial charge in [-0.1, -0.05) is 0 Å². The Morgan fingerprint density at radius 1 is 1.45 bits per heavy atom. The van der Waals surface area contributed by atoms with Crippen molar-refractivity contribution in [1.29, 1.82) is 0 Å². The Balaban J connectivity index is 1.73. The van der Waals surface area contributed by atoms with Gasteiger partial charge in [0.25, 0.3) is 0 Å². The molecule has 1 unspecified atom stereocenters. The van der Waals surface area contributed by atoms with Crippen LogP contribution in [0.2, 0.25) is 0 Å². The van der Waals surface area contributed by atoms with Crippen LogP contribution in [0.4, 0.5) is 4.39 Å². The van der Waals surface area contributed by atoms with Crippen molar-refractivity contribution < 1.29 is 9.18 Å².